The molecule has 2 aromatic rings. The van der Waals surface area contributed by atoms with Crippen LogP contribution >= 0.6 is 0 Å². The fourth-order valence-electron chi connectivity index (χ4n) is 1.92. The molecule has 0 atom stereocenters. The van der Waals surface area contributed by atoms with Crippen molar-refractivity contribution in [2.45, 2.75) is 19.3 Å². The van der Waals surface area contributed by atoms with Crippen molar-refractivity contribution in [3.05, 3.63) is 35.3 Å². The highest BCUT2D eigenvalue weighted by molar-refractivity contribution is 5.49. The van der Waals surface area contributed by atoms with E-state index >= 15 is 0 Å². The monoisotopic (exact) mass is 255 g/mol. The van der Waals surface area contributed by atoms with E-state index in [1.54, 1.807) is 6.07 Å². The minimum Gasteiger partial charge on any atom is -0.461 e. The van der Waals surface area contributed by atoms with Gasteiger partial charge in [-0.3, -0.25) is 0 Å². The van der Waals surface area contributed by atoms with Gasteiger partial charge in [0.25, 0.3) is 0 Å². The maximum Gasteiger partial charge on any atom is 0.433 e. The van der Waals surface area contributed by atoms with Gasteiger partial charge in [0.05, 0.1) is 12.0 Å². The number of rotatable bonds is 1. The highest BCUT2D eigenvalue weighted by Crippen LogP contribution is 2.34. The number of halogens is 3. The van der Waals surface area contributed by atoms with Crippen LogP contribution in [0.1, 0.15) is 17.0 Å². The zero-order valence-electron chi connectivity index (χ0n) is 9.08. The number of furan rings is 1. The molecule has 0 aromatic carbocycles. The summed E-state index contributed by atoms with van der Waals surface area (Å²) in [7, 11) is 0. The second kappa shape index (κ2) is 3.81. The zero-order valence-corrected chi connectivity index (χ0v) is 9.08. The van der Waals surface area contributed by atoms with E-state index in [4.69, 9.17) is 4.42 Å². The van der Waals surface area contributed by atoms with E-state index in [-0.39, 0.29) is 23.7 Å². The topological polar surface area (TPSA) is 51.0 Å². The summed E-state index contributed by atoms with van der Waals surface area (Å²) in [6, 6.07) is 3.11. The van der Waals surface area contributed by atoms with Crippen molar-refractivity contribution in [3.8, 4) is 11.6 Å². The summed E-state index contributed by atoms with van der Waals surface area (Å²) in [5, 5.41) is 2.84. The largest absolute Gasteiger partial charge is 0.461 e. The molecule has 0 aliphatic carbocycles. The van der Waals surface area contributed by atoms with E-state index in [1.807, 2.05) is 0 Å². The van der Waals surface area contributed by atoms with Crippen LogP contribution in [-0.2, 0) is 19.3 Å². The van der Waals surface area contributed by atoms with Crippen LogP contribution in [0.25, 0.3) is 11.6 Å². The summed E-state index contributed by atoms with van der Waals surface area (Å²) in [6.45, 7) is 0.456. The van der Waals surface area contributed by atoms with Gasteiger partial charge in [-0.1, -0.05) is 0 Å². The standard InChI is InChI=1S/C11H8F3N3O/c12-11(13,14)9-6-4-15-5-7(6)16-10(17-9)8-2-1-3-18-8/h1-3,15H,4-5H2. The molecule has 1 aliphatic heterocycles. The molecule has 0 bridgehead atoms. The first-order valence-electron chi connectivity index (χ1n) is 5.27. The fraction of sp³-hybridized carbons (Fsp3) is 0.273. The molecule has 1 N–H and O–H groups in total. The molecule has 0 amide bonds. The quantitative estimate of drug-likeness (QED) is 0.849. The van der Waals surface area contributed by atoms with Crippen molar-refractivity contribution >= 4 is 0 Å². The molecule has 18 heavy (non-hydrogen) atoms. The minimum atomic E-state index is -4.49. The van der Waals surface area contributed by atoms with Crippen LogP contribution in [-0.4, -0.2) is 9.97 Å². The van der Waals surface area contributed by atoms with Gasteiger partial charge < -0.3 is 9.73 Å². The molecule has 0 fully saturated rings. The smallest absolute Gasteiger partial charge is 0.433 e. The van der Waals surface area contributed by atoms with Gasteiger partial charge in [-0.2, -0.15) is 13.2 Å². The maximum atomic E-state index is 12.9. The molecule has 0 saturated carbocycles. The molecular weight excluding hydrogens is 247 g/mol. The first-order valence-corrected chi connectivity index (χ1v) is 5.27. The third-order valence-electron chi connectivity index (χ3n) is 2.70. The van der Waals surface area contributed by atoms with Crippen LogP contribution in [0.4, 0.5) is 13.2 Å². The number of alkyl halides is 3. The minimum absolute atomic E-state index is 0.0326. The van der Waals surface area contributed by atoms with Gasteiger partial charge in [0, 0.05) is 18.7 Å². The third kappa shape index (κ3) is 1.76. The summed E-state index contributed by atoms with van der Waals surface area (Å²) in [5.74, 6) is 0.199. The van der Waals surface area contributed by atoms with Crippen LogP contribution in [0, 0.1) is 0 Å². The van der Waals surface area contributed by atoms with Gasteiger partial charge >= 0.3 is 6.18 Å². The zero-order chi connectivity index (χ0) is 12.8. The summed E-state index contributed by atoms with van der Waals surface area (Å²) in [5.41, 5.74) is -0.384. The highest BCUT2D eigenvalue weighted by atomic mass is 19.4. The highest BCUT2D eigenvalue weighted by Gasteiger charge is 2.38. The van der Waals surface area contributed by atoms with Gasteiger partial charge in [0.15, 0.2) is 17.3 Å². The predicted octanol–water partition coefficient (Wildman–Crippen LogP) is 2.36. The fourth-order valence-corrected chi connectivity index (χ4v) is 1.92. The Morgan fingerprint density at radius 2 is 2.06 bits per heavy atom. The predicted molar refractivity (Wildman–Crippen MR) is 55.3 cm³/mol. The molecule has 2 aromatic heterocycles. The second-order valence-electron chi connectivity index (χ2n) is 3.90. The van der Waals surface area contributed by atoms with E-state index in [1.165, 1.54) is 12.3 Å². The third-order valence-corrected chi connectivity index (χ3v) is 2.70. The van der Waals surface area contributed by atoms with E-state index in [2.05, 4.69) is 15.3 Å². The van der Waals surface area contributed by atoms with E-state index < -0.39 is 11.9 Å². The Balaban J connectivity index is 2.20. The lowest BCUT2D eigenvalue weighted by Crippen LogP contribution is -2.14. The second-order valence-corrected chi connectivity index (χ2v) is 3.90. The Morgan fingerprint density at radius 1 is 1.22 bits per heavy atom. The average Bonchev–Trinajstić information content (AvgIpc) is 2.97. The first-order chi connectivity index (χ1) is 8.55. The number of hydrogen-bond donors (Lipinski definition) is 1. The summed E-state index contributed by atoms with van der Waals surface area (Å²) < 4.78 is 43.8. The molecule has 3 heterocycles. The van der Waals surface area contributed by atoms with Crippen molar-refractivity contribution in [1.82, 2.24) is 15.3 Å². The number of aromatic nitrogens is 2. The van der Waals surface area contributed by atoms with E-state index in [9.17, 15) is 13.2 Å². The Morgan fingerprint density at radius 3 is 2.72 bits per heavy atom. The molecule has 0 saturated heterocycles. The summed E-state index contributed by atoms with van der Waals surface area (Å²) in [4.78, 5) is 7.69. The van der Waals surface area contributed by atoms with Crippen LogP contribution in [0.2, 0.25) is 0 Å². The van der Waals surface area contributed by atoms with E-state index in [0.29, 0.717) is 12.2 Å². The molecule has 3 rings (SSSR count). The van der Waals surface area contributed by atoms with Gasteiger partial charge in [0.1, 0.15) is 0 Å². The Hall–Kier alpha value is -1.89. The molecule has 4 nitrogen and oxygen atoms in total. The number of hydrogen-bond acceptors (Lipinski definition) is 4. The van der Waals surface area contributed by atoms with Crippen molar-refractivity contribution in [1.29, 1.82) is 0 Å². The molecular formula is C11H8F3N3O. The Labute approximate surface area is 99.9 Å². The maximum absolute atomic E-state index is 12.9. The molecule has 7 heteroatoms. The van der Waals surface area contributed by atoms with E-state index in [0.717, 1.165) is 0 Å². The average molecular weight is 255 g/mol. The van der Waals surface area contributed by atoms with Gasteiger partial charge in [0.2, 0.25) is 0 Å². The molecule has 0 unspecified atom stereocenters. The van der Waals surface area contributed by atoms with Crippen molar-refractivity contribution < 1.29 is 17.6 Å². The van der Waals surface area contributed by atoms with Crippen LogP contribution in [0.15, 0.2) is 22.8 Å². The molecule has 1 aliphatic rings. The lowest BCUT2D eigenvalue weighted by molar-refractivity contribution is -0.141. The molecule has 94 valence electrons. The number of nitrogens with zero attached hydrogens (tertiary/aromatic N) is 2. The number of nitrogens with one attached hydrogen (secondary N) is 1. The summed E-state index contributed by atoms with van der Waals surface area (Å²) in [6.07, 6.45) is -3.11. The Kier molecular flexibility index (Phi) is 2.37. The lowest BCUT2D eigenvalue weighted by atomic mass is 10.1. The van der Waals surface area contributed by atoms with Gasteiger partial charge in [-0.15, -0.1) is 0 Å². The normalized spacial score (nSPS) is 14.8. The molecule has 0 radical (unpaired) electrons. The molecule has 0 spiro atoms. The van der Waals surface area contributed by atoms with Crippen LogP contribution in [0.5, 0.6) is 0 Å². The van der Waals surface area contributed by atoms with Crippen molar-refractivity contribution in [2.75, 3.05) is 0 Å². The van der Waals surface area contributed by atoms with Crippen LogP contribution < -0.4 is 5.32 Å². The Bertz CT molecular complexity index is 578. The van der Waals surface area contributed by atoms with Crippen molar-refractivity contribution in [3.63, 3.8) is 0 Å². The lowest BCUT2D eigenvalue weighted by Gasteiger charge is -2.11. The number of fused-ring (bicyclic) bond motifs is 1. The first kappa shape index (κ1) is 11.2. The SMILES string of the molecule is FC(F)(F)c1nc(-c2ccco2)nc2c1CNC2. The van der Waals surface area contributed by atoms with Crippen molar-refractivity contribution in [2.24, 2.45) is 0 Å². The van der Waals surface area contributed by atoms with Gasteiger partial charge in [-0.25, -0.2) is 9.97 Å². The van der Waals surface area contributed by atoms with Crippen LogP contribution in [0.3, 0.4) is 0 Å². The van der Waals surface area contributed by atoms with Gasteiger partial charge in [-0.05, 0) is 12.1 Å². The summed E-state index contributed by atoms with van der Waals surface area (Å²) >= 11 is 0.